The average Bonchev–Trinajstić information content (AvgIpc) is 2.40. The van der Waals surface area contributed by atoms with Gasteiger partial charge in [0.25, 0.3) is 0 Å². The van der Waals surface area contributed by atoms with Crippen molar-refractivity contribution in [2.24, 2.45) is 0 Å². The van der Waals surface area contributed by atoms with Crippen molar-refractivity contribution < 1.29 is 9.90 Å². The minimum absolute atomic E-state index is 0.206. The first kappa shape index (κ1) is 12.1. The topological polar surface area (TPSA) is 74.0 Å². The van der Waals surface area contributed by atoms with Gasteiger partial charge in [-0.2, -0.15) is 5.26 Å². The number of aromatic carboxylic acids is 1. The lowest BCUT2D eigenvalue weighted by molar-refractivity contribution is 0.0693. The summed E-state index contributed by atoms with van der Waals surface area (Å²) < 4.78 is 0. The molecule has 0 unspecified atom stereocenters. The molecule has 2 aromatic rings. The molecule has 0 aliphatic carbocycles. The Balaban J connectivity index is 2.41. The van der Waals surface area contributed by atoms with Crippen LogP contribution < -0.4 is 0 Å². The van der Waals surface area contributed by atoms with E-state index in [1.807, 2.05) is 6.07 Å². The van der Waals surface area contributed by atoms with Gasteiger partial charge in [-0.3, -0.25) is 0 Å². The smallest absolute Gasteiger partial charge is 0.336 e. The number of carboxylic acids is 1. The lowest BCUT2D eigenvalue weighted by Gasteiger charge is -2.05. The second-order valence-corrected chi connectivity index (χ2v) is 4.40. The highest BCUT2D eigenvalue weighted by Gasteiger charge is 2.12. The molecule has 0 aliphatic rings. The fourth-order valence-electron chi connectivity index (χ4n) is 1.39. The summed E-state index contributed by atoms with van der Waals surface area (Å²) in [4.78, 5) is 15.7. The van der Waals surface area contributed by atoms with Gasteiger partial charge in [-0.25, -0.2) is 9.78 Å². The van der Waals surface area contributed by atoms with E-state index in [-0.39, 0.29) is 5.56 Å². The molecule has 1 aromatic carbocycles. The van der Waals surface area contributed by atoms with Crippen LogP contribution in [0.5, 0.6) is 0 Å². The molecule has 0 spiro atoms. The van der Waals surface area contributed by atoms with Crippen LogP contribution in [0.15, 0.2) is 52.5 Å². The van der Waals surface area contributed by atoms with Crippen molar-refractivity contribution in [3.63, 3.8) is 0 Å². The predicted molar refractivity (Wildman–Crippen MR) is 66.5 cm³/mol. The number of benzene rings is 1. The highest BCUT2D eigenvalue weighted by atomic mass is 32.2. The van der Waals surface area contributed by atoms with Gasteiger partial charge in [0.15, 0.2) is 0 Å². The van der Waals surface area contributed by atoms with Crippen LogP contribution >= 0.6 is 11.8 Å². The minimum atomic E-state index is -0.993. The first-order valence-electron chi connectivity index (χ1n) is 5.07. The van der Waals surface area contributed by atoms with Crippen LogP contribution in [0.1, 0.15) is 15.9 Å². The maximum Gasteiger partial charge on any atom is 0.336 e. The van der Waals surface area contributed by atoms with E-state index in [0.717, 1.165) is 0 Å². The van der Waals surface area contributed by atoms with Crippen molar-refractivity contribution in [2.75, 3.05) is 0 Å². The monoisotopic (exact) mass is 256 g/mol. The van der Waals surface area contributed by atoms with Gasteiger partial charge in [0, 0.05) is 11.1 Å². The van der Waals surface area contributed by atoms with E-state index in [1.54, 1.807) is 36.5 Å². The Kier molecular flexibility index (Phi) is 3.60. The molecule has 18 heavy (non-hydrogen) atoms. The third kappa shape index (κ3) is 2.50. The zero-order valence-corrected chi connectivity index (χ0v) is 10.0. The van der Waals surface area contributed by atoms with E-state index in [9.17, 15) is 4.79 Å². The number of hydrogen-bond donors (Lipinski definition) is 1. The summed E-state index contributed by atoms with van der Waals surface area (Å²) in [5, 5.41) is 18.5. The van der Waals surface area contributed by atoms with Gasteiger partial charge in [0.2, 0.25) is 0 Å². The van der Waals surface area contributed by atoms with Crippen molar-refractivity contribution in [1.82, 2.24) is 4.98 Å². The van der Waals surface area contributed by atoms with Gasteiger partial charge in [0.1, 0.15) is 11.1 Å². The highest BCUT2D eigenvalue weighted by Crippen LogP contribution is 2.30. The first-order chi connectivity index (χ1) is 8.72. The molecule has 2 rings (SSSR count). The lowest BCUT2D eigenvalue weighted by Crippen LogP contribution is -1.98. The summed E-state index contributed by atoms with van der Waals surface area (Å²) in [5.41, 5.74) is 0.639. The number of rotatable bonds is 3. The summed E-state index contributed by atoms with van der Waals surface area (Å²) in [6.45, 7) is 0. The van der Waals surface area contributed by atoms with Crippen LogP contribution in [-0.4, -0.2) is 16.1 Å². The fraction of sp³-hybridized carbons (Fsp3) is 0. The molecule has 4 nitrogen and oxygen atoms in total. The lowest BCUT2D eigenvalue weighted by atomic mass is 10.2. The molecule has 0 amide bonds. The molecular weight excluding hydrogens is 248 g/mol. The zero-order chi connectivity index (χ0) is 13.0. The Morgan fingerprint density at radius 2 is 2.06 bits per heavy atom. The Bertz CT molecular complexity index is 635. The summed E-state index contributed by atoms with van der Waals surface area (Å²) in [6, 6.07) is 12.0. The van der Waals surface area contributed by atoms with Gasteiger partial charge in [-0.1, -0.05) is 23.9 Å². The minimum Gasteiger partial charge on any atom is -0.478 e. The van der Waals surface area contributed by atoms with Crippen LogP contribution in [0.3, 0.4) is 0 Å². The van der Waals surface area contributed by atoms with Gasteiger partial charge in [-0.15, -0.1) is 0 Å². The number of hydrogen-bond acceptors (Lipinski definition) is 4. The van der Waals surface area contributed by atoms with Gasteiger partial charge in [-0.05, 0) is 24.3 Å². The molecule has 0 radical (unpaired) electrons. The molecule has 0 bridgehead atoms. The molecule has 0 fully saturated rings. The van der Waals surface area contributed by atoms with E-state index in [4.69, 9.17) is 10.4 Å². The largest absolute Gasteiger partial charge is 0.478 e. The third-order valence-corrected chi connectivity index (χ3v) is 3.31. The Morgan fingerprint density at radius 1 is 1.28 bits per heavy atom. The zero-order valence-electron chi connectivity index (χ0n) is 9.20. The Morgan fingerprint density at radius 3 is 2.78 bits per heavy atom. The predicted octanol–water partition coefficient (Wildman–Crippen LogP) is 2.80. The Hall–Kier alpha value is -2.32. The van der Waals surface area contributed by atoms with Crippen molar-refractivity contribution >= 4 is 17.7 Å². The van der Waals surface area contributed by atoms with E-state index in [1.165, 1.54) is 17.8 Å². The second-order valence-electron chi connectivity index (χ2n) is 3.37. The molecular formula is C13H8N2O2S. The number of carbonyl (C=O) groups is 1. The normalized spacial score (nSPS) is 9.72. The number of pyridine rings is 1. The molecule has 1 aromatic heterocycles. The molecule has 0 atom stereocenters. The van der Waals surface area contributed by atoms with Crippen LogP contribution in [-0.2, 0) is 0 Å². The number of aromatic nitrogens is 1. The standard InChI is InChI=1S/C13H8N2O2S/c14-8-9-4-3-7-15-12(9)18-11-6-2-1-5-10(11)13(16)17/h1-7H,(H,16,17). The summed E-state index contributed by atoms with van der Waals surface area (Å²) in [6.07, 6.45) is 1.58. The van der Waals surface area contributed by atoms with Crippen molar-refractivity contribution in [3.8, 4) is 6.07 Å². The molecule has 1 N–H and O–H groups in total. The molecule has 0 aliphatic heterocycles. The van der Waals surface area contributed by atoms with Crippen LogP contribution in [0, 0.1) is 11.3 Å². The summed E-state index contributed by atoms with van der Waals surface area (Å²) in [7, 11) is 0. The van der Waals surface area contributed by atoms with E-state index >= 15 is 0 Å². The van der Waals surface area contributed by atoms with E-state index in [2.05, 4.69) is 4.98 Å². The quantitative estimate of drug-likeness (QED) is 0.914. The SMILES string of the molecule is N#Cc1cccnc1Sc1ccccc1C(=O)O. The molecule has 0 saturated carbocycles. The van der Waals surface area contributed by atoms with Crippen molar-refractivity contribution in [3.05, 3.63) is 53.7 Å². The highest BCUT2D eigenvalue weighted by molar-refractivity contribution is 7.99. The van der Waals surface area contributed by atoms with Crippen LogP contribution in [0.4, 0.5) is 0 Å². The van der Waals surface area contributed by atoms with Gasteiger partial charge < -0.3 is 5.11 Å². The number of nitrogens with zero attached hydrogens (tertiary/aromatic N) is 2. The van der Waals surface area contributed by atoms with Crippen LogP contribution in [0.25, 0.3) is 0 Å². The maximum atomic E-state index is 11.1. The third-order valence-electron chi connectivity index (χ3n) is 2.22. The molecule has 88 valence electrons. The van der Waals surface area contributed by atoms with E-state index in [0.29, 0.717) is 15.5 Å². The van der Waals surface area contributed by atoms with Crippen molar-refractivity contribution in [1.29, 1.82) is 5.26 Å². The number of carboxylic acid groups (broad SMARTS) is 1. The van der Waals surface area contributed by atoms with Gasteiger partial charge >= 0.3 is 5.97 Å². The van der Waals surface area contributed by atoms with Crippen LogP contribution in [0.2, 0.25) is 0 Å². The fourth-order valence-corrected chi connectivity index (χ4v) is 2.35. The van der Waals surface area contributed by atoms with E-state index < -0.39 is 5.97 Å². The van der Waals surface area contributed by atoms with Gasteiger partial charge in [0.05, 0.1) is 11.1 Å². The average molecular weight is 256 g/mol. The molecule has 5 heteroatoms. The summed E-state index contributed by atoms with van der Waals surface area (Å²) >= 11 is 1.18. The second kappa shape index (κ2) is 5.34. The molecule has 0 saturated heterocycles. The van der Waals surface area contributed by atoms with Crippen molar-refractivity contribution in [2.45, 2.75) is 9.92 Å². The summed E-state index contributed by atoms with van der Waals surface area (Å²) in [5.74, 6) is -0.993. The number of nitriles is 1. The first-order valence-corrected chi connectivity index (χ1v) is 5.89. The Labute approximate surface area is 108 Å². The maximum absolute atomic E-state index is 11.1. The molecule has 1 heterocycles.